The van der Waals surface area contributed by atoms with E-state index in [1.54, 1.807) is 0 Å². The van der Waals surface area contributed by atoms with Crippen LogP contribution in [0.5, 0.6) is 5.75 Å². The Morgan fingerprint density at radius 2 is 2.25 bits per heavy atom. The molecule has 3 rings (SSSR count). The summed E-state index contributed by atoms with van der Waals surface area (Å²) in [4.78, 5) is 2.41. The minimum absolute atomic E-state index is 0.00671. The lowest BCUT2D eigenvalue weighted by molar-refractivity contribution is -0.0270. The number of rotatable bonds is 3. The van der Waals surface area contributed by atoms with Crippen LogP contribution < -0.4 is 10.1 Å². The normalized spacial score (nSPS) is 30.0. The number of nitrogens with one attached hydrogen (secondary N) is 1. The Bertz CT molecular complexity index is 462. The van der Waals surface area contributed by atoms with Crippen molar-refractivity contribution in [2.24, 2.45) is 0 Å². The molecule has 3 nitrogen and oxygen atoms in total. The van der Waals surface area contributed by atoms with Crippen molar-refractivity contribution >= 4 is 0 Å². The highest BCUT2D eigenvalue weighted by Gasteiger charge is 2.42. The van der Waals surface area contributed by atoms with Crippen LogP contribution in [0.25, 0.3) is 0 Å². The van der Waals surface area contributed by atoms with Crippen molar-refractivity contribution in [2.75, 3.05) is 26.7 Å². The van der Waals surface area contributed by atoms with E-state index in [0.29, 0.717) is 6.04 Å². The highest BCUT2D eigenvalue weighted by Crippen LogP contribution is 2.43. The molecule has 2 aliphatic rings. The number of hydrogen-bond acceptors (Lipinski definition) is 3. The van der Waals surface area contributed by atoms with E-state index >= 15 is 0 Å². The van der Waals surface area contributed by atoms with E-state index in [4.69, 9.17) is 4.74 Å². The van der Waals surface area contributed by atoms with E-state index in [-0.39, 0.29) is 5.60 Å². The molecule has 2 atom stereocenters. The molecule has 1 fully saturated rings. The first kappa shape index (κ1) is 13.9. The van der Waals surface area contributed by atoms with E-state index < -0.39 is 0 Å². The summed E-state index contributed by atoms with van der Waals surface area (Å²) in [6.45, 7) is 5.54. The Labute approximate surface area is 122 Å². The first-order chi connectivity index (χ1) is 9.72. The van der Waals surface area contributed by atoms with Crippen LogP contribution in [0.2, 0.25) is 0 Å². The predicted molar refractivity (Wildman–Crippen MR) is 82.2 cm³/mol. The molecule has 0 radical (unpaired) electrons. The van der Waals surface area contributed by atoms with Crippen molar-refractivity contribution in [1.29, 1.82) is 0 Å². The van der Waals surface area contributed by atoms with Crippen molar-refractivity contribution in [3.63, 3.8) is 0 Å². The molecule has 2 unspecified atom stereocenters. The van der Waals surface area contributed by atoms with Gasteiger partial charge in [0.2, 0.25) is 0 Å². The zero-order chi connectivity index (χ0) is 14.0. The molecule has 3 heteroatoms. The van der Waals surface area contributed by atoms with Crippen LogP contribution >= 0.6 is 0 Å². The van der Waals surface area contributed by atoms with E-state index in [9.17, 15) is 0 Å². The number of benzene rings is 1. The minimum Gasteiger partial charge on any atom is -0.486 e. The van der Waals surface area contributed by atoms with Crippen molar-refractivity contribution < 1.29 is 4.74 Å². The number of fused-ring (bicyclic) bond motifs is 1. The number of nitrogens with zero attached hydrogens (tertiary/aromatic N) is 1. The molecule has 0 bridgehead atoms. The van der Waals surface area contributed by atoms with Gasteiger partial charge in [0.05, 0.1) is 0 Å². The van der Waals surface area contributed by atoms with Crippen molar-refractivity contribution in [1.82, 2.24) is 10.2 Å². The van der Waals surface area contributed by atoms with Gasteiger partial charge in [-0.25, -0.2) is 0 Å². The SMILES string of the molecule is CCCNC1CC2(CCCN(C)C2)Oc2ccccc21. The van der Waals surface area contributed by atoms with Gasteiger partial charge in [-0.2, -0.15) is 0 Å². The Balaban J connectivity index is 1.87. The molecule has 1 saturated heterocycles. The van der Waals surface area contributed by atoms with Gasteiger partial charge in [-0.15, -0.1) is 0 Å². The predicted octanol–water partition coefficient (Wildman–Crippen LogP) is 2.97. The summed E-state index contributed by atoms with van der Waals surface area (Å²) in [6.07, 6.45) is 4.68. The van der Waals surface area contributed by atoms with Crippen LogP contribution in [0.3, 0.4) is 0 Å². The van der Waals surface area contributed by atoms with Gasteiger partial charge in [0.1, 0.15) is 11.4 Å². The summed E-state index contributed by atoms with van der Waals surface area (Å²) < 4.78 is 6.46. The summed E-state index contributed by atoms with van der Waals surface area (Å²) in [5, 5.41) is 3.72. The molecule has 1 N–H and O–H groups in total. The van der Waals surface area contributed by atoms with Crippen molar-refractivity contribution in [3.05, 3.63) is 29.8 Å². The molecule has 0 aliphatic carbocycles. The molecule has 20 heavy (non-hydrogen) atoms. The number of piperidine rings is 1. The summed E-state index contributed by atoms with van der Waals surface area (Å²) in [7, 11) is 2.21. The largest absolute Gasteiger partial charge is 0.486 e. The molecule has 2 aliphatic heterocycles. The maximum atomic E-state index is 6.46. The first-order valence-electron chi connectivity index (χ1n) is 7.92. The molecule has 0 saturated carbocycles. The average molecular weight is 274 g/mol. The maximum Gasteiger partial charge on any atom is 0.124 e. The molecule has 110 valence electrons. The van der Waals surface area contributed by atoms with Gasteiger partial charge >= 0.3 is 0 Å². The topological polar surface area (TPSA) is 24.5 Å². The molecular weight excluding hydrogens is 248 g/mol. The zero-order valence-corrected chi connectivity index (χ0v) is 12.7. The Kier molecular flexibility index (Phi) is 3.99. The third-order valence-electron chi connectivity index (χ3n) is 4.57. The summed E-state index contributed by atoms with van der Waals surface area (Å²) in [6, 6.07) is 8.98. The van der Waals surface area contributed by atoms with Crippen molar-refractivity contribution in [2.45, 2.75) is 44.2 Å². The fraction of sp³-hybridized carbons (Fsp3) is 0.647. The molecular formula is C17H26N2O. The van der Waals surface area contributed by atoms with Gasteiger partial charge in [0, 0.05) is 24.6 Å². The average Bonchev–Trinajstić information content (AvgIpc) is 2.44. The van der Waals surface area contributed by atoms with E-state index in [1.807, 2.05) is 0 Å². The number of hydrogen-bond donors (Lipinski definition) is 1. The second-order valence-electron chi connectivity index (χ2n) is 6.38. The fourth-order valence-electron chi connectivity index (χ4n) is 3.69. The smallest absolute Gasteiger partial charge is 0.124 e. The van der Waals surface area contributed by atoms with Crippen molar-refractivity contribution in [3.8, 4) is 5.75 Å². The number of likely N-dealkylation sites (N-methyl/N-ethyl adjacent to an activating group) is 1. The maximum absolute atomic E-state index is 6.46. The fourth-order valence-corrected chi connectivity index (χ4v) is 3.69. The van der Waals surface area contributed by atoms with Crippen LogP contribution in [0, 0.1) is 0 Å². The number of likely N-dealkylation sites (tertiary alicyclic amines) is 1. The Morgan fingerprint density at radius 3 is 3.05 bits per heavy atom. The van der Waals surface area contributed by atoms with E-state index in [1.165, 1.54) is 31.4 Å². The quantitative estimate of drug-likeness (QED) is 0.917. The second-order valence-corrected chi connectivity index (χ2v) is 6.38. The molecule has 1 aromatic carbocycles. The van der Waals surface area contributed by atoms with E-state index in [2.05, 4.69) is 48.5 Å². The second kappa shape index (κ2) is 5.74. The molecule has 2 heterocycles. The number of para-hydroxylation sites is 1. The first-order valence-corrected chi connectivity index (χ1v) is 7.92. The standard InChI is InChI=1S/C17H26N2O/c1-3-10-18-15-12-17(9-6-11-19(2)13-17)20-16-8-5-4-7-14(15)16/h4-5,7-8,15,18H,3,6,9-13H2,1-2H3. The zero-order valence-electron chi connectivity index (χ0n) is 12.7. The van der Waals surface area contributed by atoms with Gasteiger partial charge in [-0.3, -0.25) is 0 Å². The Hall–Kier alpha value is -1.06. The monoisotopic (exact) mass is 274 g/mol. The third kappa shape index (κ3) is 2.70. The number of ether oxygens (including phenoxy) is 1. The molecule has 1 spiro atoms. The van der Waals surface area contributed by atoms with Gasteiger partial charge in [-0.1, -0.05) is 25.1 Å². The van der Waals surface area contributed by atoms with Gasteiger partial charge in [0.15, 0.2) is 0 Å². The van der Waals surface area contributed by atoms with E-state index in [0.717, 1.165) is 25.3 Å². The molecule has 0 amide bonds. The lowest BCUT2D eigenvalue weighted by Gasteiger charge is -2.47. The van der Waals surface area contributed by atoms with Crippen LogP contribution in [0.4, 0.5) is 0 Å². The third-order valence-corrected chi connectivity index (χ3v) is 4.57. The minimum atomic E-state index is 0.00671. The van der Waals surface area contributed by atoms with Crippen LogP contribution in [0.1, 0.15) is 44.2 Å². The van der Waals surface area contributed by atoms with Gasteiger partial charge < -0.3 is 15.0 Å². The van der Waals surface area contributed by atoms with Crippen LogP contribution in [0.15, 0.2) is 24.3 Å². The molecule has 0 aromatic heterocycles. The lowest BCUT2D eigenvalue weighted by Crippen LogP contribution is -2.54. The van der Waals surface area contributed by atoms with Crippen LogP contribution in [-0.2, 0) is 0 Å². The van der Waals surface area contributed by atoms with Gasteiger partial charge in [-0.05, 0) is 45.5 Å². The summed E-state index contributed by atoms with van der Waals surface area (Å²) in [5.41, 5.74) is 1.34. The highest BCUT2D eigenvalue weighted by molar-refractivity contribution is 5.39. The molecule has 1 aromatic rings. The van der Waals surface area contributed by atoms with Gasteiger partial charge in [0.25, 0.3) is 0 Å². The summed E-state index contributed by atoms with van der Waals surface area (Å²) >= 11 is 0. The van der Waals surface area contributed by atoms with Crippen LogP contribution in [-0.4, -0.2) is 37.2 Å². The summed E-state index contributed by atoms with van der Waals surface area (Å²) in [5.74, 6) is 1.09. The Morgan fingerprint density at radius 1 is 1.40 bits per heavy atom. The highest BCUT2D eigenvalue weighted by atomic mass is 16.5. The lowest BCUT2D eigenvalue weighted by atomic mass is 9.81.